The van der Waals surface area contributed by atoms with Gasteiger partial charge in [0.2, 0.25) is 5.91 Å². The molecule has 2 aromatic rings. The van der Waals surface area contributed by atoms with E-state index in [1.165, 1.54) is 19.1 Å². The first-order valence-corrected chi connectivity index (χ1v) is 7.62. The van der Waals surface area contributed by atoms with Gasteiger partial charge in [0.1, 0.15) is 5.82 Å². The van der Waals surface area contributed by atoms with E-state index in [0.717, 1.165) is 16.8 Å². The summed E-state index contributed by atoms with van der Waals surface area (Å²) in [6.45, 7) is 2.50. The number of rotatable bonds is 5. The van der Waals surface area contributed by atoms with Crippen molar-refractivity contribution in [3.05, 3.63) is 65.5 Å². The molecule has 0 saturated heterocycles. The minimum Gasteiger partial charge on any atom is -0.352 e. The van der Waals surface area contributed by atoms with Crippen LogP contribution in [0.1, 0.15) is 18.1 Å². The molecule has 5 nitrogen and oxygen atoms in total. The fourth-order valence-corrected chi connectivity index (χ4v) is 2.20. The summed E-state index contributed by atoms with van der Waals surface area (Å²) in [5.74, 6) is 0.254. The Morgan fingerprint density at radius 1 is 1.04 bits per heavy atom. The van der Waals surface area contributed by atoms with Crippen LogP contribution in [-0.4, -0.2) is 18.9 Å². The lowest BCUT2D eigenvalue weighted by Gasteiger charge is -2.13. The molecular weight excluding hydrogens is 307 g/mol. The summed E-state index contributed by atoms with van der Waals surface area (Å²) in [5, 5.41) is 9.07. The molecule has 0 aliphatic rings. The number of carbonyl (C=O) groups is 1. The van der Waals surface area contributed by atoms with Crippen molar-refractivity contribution in [1.29, 1.82) is 0 Å². The summed E-state index contributed by atoms with van der Waals surface area (Å²) in [7, 11) is 1.68. The van der Waals surface area contributed by atoms with E-state index >= 15 is 0 Å². The van der Waals surface area contributed by atoms with Gasteiger partial charge in [-0.3, -0.25) is 9.79 Å². The molecule has 0 aliphatic carbocycles. The highest BCUT2D eigenvalue weighted by atomic mass is 19.1. The van der Waals surface area contributed by atoms with Crippen molar-refractivity contribution in [3.63, 3.8) is 0 Å². The number of halogens is 1. The molecule has 0 fully saturated rings. The van der Waals surface area contributed by atoms with E-state index in [1.807, 2.05) is 30.3 Å². The first kappa shape index (κ1) is 17.5. The number of carbonyl (C=O) groups excluding carboxylic acids is 1. The minimum absolute atomic E-state index is 0.104. The smallest absolute Gasteiger partial charge is 0.221 e. The maximum atomic E-state index is 13.2. The van der Waals surface area contributed by atoms with Crippen molar-refractivity contribution in [1.82, 2.24) is 10.6 Å². The molecule has 1 amide bonds. The maximum absolute atomic E-state index is 13.2. The predicted molar refractivity (Wildman–Crippen MR) is 94.2 cm³/mol. The fraction of sp³-hybridized carbons (Fsp3) is 0.222. The highest BCUT2D eigenvalue weighted by Crippen LogP contribution is 2.10. The second-order valence-electron chi connectivity index (χ2n) is 5.29. The van der Waals surface area contributed by atoms with Gasteiger partial charge in [0.25, 0.3) is 0 Å². The van der Waals surface area contributed by atoms with Crippen molar-refractivity contribution in [2.24, 2.45) is 4.99 Å². The number of hydrogen-bond acceptors (Lipinski definition) is 2. The number of nitrogens with one attached hydrogen (secondary N) is 3. The average molecular weight is 328 g/mol. The Morgan fingerprint density at radius 3 is 2.25 bits per heavy atom. The molecular formula is C18H21FN4O. The molecule has 0 spiro atoms. The van der Waals surface area contributed by atoms with Gasteiger partial charge in [0.15, 0.2) is 5.96 Å². The molecule has 0 heterocycles. The van der Waals surface area contributed by atoms with Gasteiger partial charge in [-0.15, -0.1) is 0 Å². The summed E-state index contributed by atoms with van der Waals surface area (Å²) >= 11 is 0. The zero-order valence-corrected chi connectivity index (χ0v) is 13.8. The van der Waals surface area contributed by atoms with Gasteiger partial charge in [-0.05, 0) is 35.4 Å². The molecule has 0 saturated carbocycles. The largest absolute Gasteiger partial charge is 0.352 e. The minimum atomic E-state index is -0.257. The van der Waals surface area contributed by atoms with Crippen LogP contribution < -0.4 is 16.0 Å². The lowest BCUT2D eigenvalue weighted by atomic mass is 10.2. The van der Waals surface area contributed by atoms with Crippen LogP contribution in [0.3, 0.4) is 0 Å². The number of aliphatic imine (C=N–C) groups is 1. The van der Waals surface area contributed by atoms with Crippen molar-refractivity contribution in [2.45, 2.75) is 20.0 Å². The summed E-state index contributed by atoms with van der Waals surface area (Å²) in [6, 6.07) is 14.0. The third kappa shape index (κ3) is 5.72. The second-order valence-corrected chi connectivity index (χ2v) is 5.29. The molecule has 0 aliphatic heterocycles. The number of hydrogen-bond donors (Lipinski definition) is 3. The molecule has 2 rings (SSSR count). The molecule has 0 radical (unpaired) electrons. The van der Waals surface area contributed by atoms with Crippen LogP contribution in [-0.2, 0) is 17.9 Å². The Balaban J connectivity index is 1.88. The van der Waals surface area contributed by atoms with Crippen LogP contribution in [0.25, 0.3) is 0 Å². The van der Waals surface area contributed by atoms with E-state index in [2.05, 4.69) is 20.9 Å². The molecule has 0 bridgehead atoms. The summed E-state index contributed by atoms with van der Waals surface area (Å²) in [5.41, 5.74) is 2.60. The van der Waals surface area contributed by atoms with Gasteiger partial charge >= 0.3 is 0 Å². The average Bonchev–Trinajstić information content (AvgIpc) is 2.55. The maximum Gasteiger partial charge on any atom is 0.221 e. The molecule has 6 heteroatoms. The summed E-state index contributed by atoms with van der Waals surface area (Å²) < 4.78 is 13.2. The quantitative estimate of drug-likeness (QED) is 0.584. The molecule has 24 heavy (non-hydrogen) atoms. The van der Waals surface area contributed by atoms with E-state index in [9.17, 15) is 9.18 Å². The Bertz CT molecular complexity index is 730. The van der Waals surface area contributed by atoms with Gasteiger partial charge in [-0.1, -0.05) is 24.3 Å². The van der Waals surface area contributed by atoms with Crippen LogP contribution in [0.5, 0.6) is 0 Å². The zero-order valence-electron chi connectivity index (χ0n) is 13.8. The van der Waals surface area contributed by atoms with Gasteiger partial charge in [0.05, 0.1) is 0 Å². The third-order valence-electron chi connectivity index (χ3n) is 3.28. The zero-order chi connectivity index (χ0) is 17.4. The van der Waals surface area contributed by atoms with E-state index in [0.29, 0.717) is 19.0 Å². The second kappa shape index (κ2) is 8.67. The van der Waals surface area contributed by atoms with Crippen molar-refractivity contribution >= 4 is 17.6 Å². The number of benzene rings is 2. The van der Waals surface area contributed by atoms with Crippen LogP contribution in [0.15, 0.2) is 53.5 Å². The van der Waals surface area contributed by atoms with Gasteiger partial charge in [-0.25, -0.2) is 4.39 Å². The molecule has 2 aromatic carbocycles. The monoisotopic (exact) mass is 328 g/mol. The Kier molecular flexibility index (Phi) is 6.31. The van der Waals surface area contributed by atoms with E-state index in [-0.39, 0.29) is 11.7 Å². The van der Waals surface area contributed by atoms with Gasteiger partial charge in [-0.2, -0.15) is 0 Å². The van der Waals surface area contributed by atoms with Crippen LogP contribution in [0.2, 0.25) is 0 Å². The van der Waals surface area contributed by atoms with Crippen LogP contribution in [0.4, 0.5) is 10.1 Å². The number of nitrogens with zero attached hydrogens (tertiary/aromatic N) is 1. The van der Waals surface area contributed by atoms with Crippen molar-refractivity contribution in [3.8, 4) is 0 Å². The van der Waals surface area contributed by atoms with Crippen molar-refractivity contribution < 1.29 is 9.18 Å². The lowest BCUT2D eigenvalue weighted by molar-refractivity contribution is -0.114. The van der Waals surface area contributed by atoms with Crippen LogP contribution in [0, 0.1) is 5.82 Å². The normalized spacial score (nSPS) is 11.0. The summed E-state index contributed by atoms with van der Waals surface area (Å²) in [6.07, 6.45) is 0. The van der Waals surface area contributed by atoms with Crippen molar-refractivity contribution in [2.75, 3.05) is 12.4 Å². The number of guanidine groups is 1. The fourth-order valence-electron chi connectivity index (χ4n) is 2.20. The Labute approximate surface area is 141 Å². The Morgan fingerprint density at radius 2 is 1.67 bits per heavy atom. The third-order valence-corrected chi connectivity index (χ3v) is 3.28. The molecule has 0 unspecified atom stereocenters. The standard InChI is InChI=1S/C18H21FN4O/c1-13(24)23-17-8-4-6-15(10-17)12-22-18(20-2)21-11-14-5-3-7-16(19)9-14/h3-10H,11-12H2,1-2H3,(H,23,24)(H2,20,21,22). The topological polar surface area (TPSA) is 65.5 Å². The number of amides is 1. The molecule has 0 aromatic heterocycles. The SMILES string of the molecule is CN=C(NCc1cccc(F)c1)NCc1cccc(NC(C)=O)c1. The predicted octanol–water partition coefficient (Wildman–Crippen LogP) is 2.65. The first-order chi connectivity index (χ1) is 11.6. The van der Waals surface area contributed by atoms with E-state index in [1.54, 1.807) is 13.1 Å². The highest BCUT2D eigenvalue weighted by Gasteiger charge is 2.02. The summed E-state index contributed by atoms with van der Waals surface area (Å²) in [4.78, 5) is 15.2. The first-order valence-electron chi connectivity index (χ1n) is 7.62. The molecule has 126 valence electrons. The molecule has 3 N–H and O–H groups in total. The van der Waals surface area contributed by atoms with E-state index in [4.69, 9.17) is 0 Å². The Hall–Kier alpha value is -2.89. The molecule has 0 atom stereocenters. The lowest BCUT2D eigenvalue weighted by Crippen LogP contribution is -2.36. The van der Waals surface area contributed by atoms with Gasteiger partial charge in [0, 0.05) is 32.7 Å². The number of anilines is 1. The van der Waals surface area contributed by atoms with Crippen LogP contribution >= 0.6 is 0 Å². The van der Waals surface area contributed by atoms with E-state index < -0.39 is 0 Å². The highest BCUT2D eigenvalue weighted by molar-refractivity contribution is 5.88. The van der Waals surface area contributed by atoms with Gasteiger partial charge < -0.3 is 16.0 Å².